The van der Waals surface area contributed by atoms with E-state index in [0.29, 0.717) is 5.75 Å². The summed E-state index contributed by atoms with van der Waals surface area (Å²) >= 11 is 0. The van der Waals surface area contributed by atoms with E-state index in [1.807, 2.05) is 67.6 Å². The zero-order valence-corrected chi connectivity index (χ0v) is 17.6. The van der Waals surface area contributed by atoms with Gasteiger partial charge in [-0.15, -0.1) is 0 Å². The van der Waals surface area contributed by atoms with Crippen LogP contribution in [0.3, 0.4) is 0 Å². The van der Waals surface area contributed by atoms with Crippen molar-refractivity contribution in [2.75, 3.05) is 12.1 Å². The molecule has 0 spiro atoms. The predicted molar refractivity (Wildman–Crippen MR) is 119 cm³/mol. The Balaban J connectivity index is 1.41. The predicted octanol–water partition coefficient (Wildman–Crippen LogP) is 5.11. The molecule has 1 atom stereocenters. The molecule has 1 heterocycles. The minimum atomic E-state index is -0.528. The number of ether oxygens (including phenoxy) is 2. The number of fused-ring (bicyclic) bond motifs is 1. The third-order valence-electron chi connectivity index (χ3n) is 6.29. The van der Waals surface area contributed by atoms with Gasteiger partial charge in [0.15, 0.2) is 11.5 Å². The first-order valence-electron chi connectivity index (χ1n) is 10.6. The van der Waals surface area contributed by atoms with Crippen LogP contribution in [0.2, 0.25) is 0 Å². The summed E-state index contributed by atoms with van der Waals surface area (Å²) in [7, 11) is 0. The highest BCUT2D eigenvalue weighted by Crippen LogP contribution is 2.51. The van der Waals surface area contributed by atoms with Gasteiger partial charge >= 0.3 is 0 Å². The molecule has 158 valence electrons. The summed E-state index contributed by atoms with van der Waals surface area (Å²) < 4.78 is 10.9. The molecule has 0 saturated heterocycles. The molecule has 1 unspecified atom stereocenters. The van der Waals surface area contributed by atoms with Gasteiger partial charge in [0.05, 0.1) is 11.5 Å². The van der Waals surface area contributed by atoms with Crippen LogP contribution in [0.5, 0.6) is 11.5 Å². The molecule has 1 fully saturated rings. The van der Waals surface area contributed by atoms with Gasteiger partial charge in [0.25, 0.3) is 0 Å². The van der Waals surface area contributed by atoms with E-state index >= 15 is 0 Å². The highest BCUT2D eigenvalue weighted by atomic mass is 16.7. The molecular formula is C26H25NO4. The molecule has 2 aliphatic rings. The average molecular weight is 415 g/mol. The van der Waals surface area contributed by atoms with Crippen molar-refractivity contribution in [1.82, 2.24) is 0 Å². The van der Waals surface area contributed by atoms with E-state index in [2.05, 4.69) is 5.32 Å². The molecular weight excluding hydrogens is 390 g/mol. The van der Waals surface area contributed by atoms with Crippen molar-refractivity contribution in [2.24, 2.45) is 0 Å². The molecule has 3 aromatic carbocycles. The van der Waals surface area contributed by atoms with Gasteiger partial charge in [-0.05, 0) is 84.8 Å². The summed E-state index contributed by atoms with van der Waals surface area (Å²) in [6.07, 6.45) is 1.10. The molecule has 0 bridgehead atoms. The first-order chi connectivity index (χ1) is 15.0. The average Bonchev–Trinajstić information content (AvgIpc) is 3.46. The van der Waals surface area contributed by atoms with E-state index < -0.39 is 11.5 Å². The number of nitrogens with one attached hydrogen (secondary N) is 1. The van der Waals surface area contributed by atoms with Gasteiger partial charge in [-0.25, -0.2) is 0 Å². The van der Waals surface area contributed by atoms with Crippen molar-refractivity contribution in [1.29, 1.82) is 0 Å². The lowest BCUT2D eigenvalue weighted by molar-refractivity contribution is -0.118. The number of hydrogen-bond donors (Lipinski definition) is 2. The number of amides is 1. The van der Waals surface area contributed by atoms with Gasteiger partial charge in [-0.2, -0.15) is 0 Å². The van der Waals surface area contributed by atoms with Crippen molar-refractivity contribution in [3.8, 4) is 22.6 Å². The molecule has 5 heteroatoms. The zero-order valence-electron chi connectivity index (χ0n) is 17.6. The highest BCUT2D eigenvalue weighted by molar-refractivity contribution is 6.02. The van der Waals surface area contributed by atoms with Gasteiger partial charge in [-0.1, -0.05) is 30.3 Å². The number of carbonyl (C=O) groups is 1. The Labute approximate surface area is 181 Å². The van der Waals surface area contributed by atoms with Crippen LogP contribution in [-0.4, -0.2) is 17.8 Å². The van der Waals surface area contributed by atoms with Crippen molar-refractivity contribution in [3.63, 3.8) is 0 Å². The third-order valence-corrected chi connectivity index (χ3v) is 6.29. The Morgan fingerprint density at radius 3 is 2.61 bits per heavy atom. The van der Waals surface area contributed by atoms with Crippen LogP contribution in [0.1, 0.15) is 42.6 Å². The van der Waals surface area contributed by atoms with E-state index in [9.17, 15) is 9.90 Å². The van der Waals surface area contributed by atoms with Crippen molar-refractivity contribution < 1.29 is 19.4 Å². The fraction of sp³-hybridized carbons (Fsp3) is 0.269. The lowest BCUT2D eigenvalue weighted by Crippen LogP contribution is -2.27. The highest BCUT2D eigenvalue weighted by Gasteiger charge is 2.51. The fourth-order valence-electron chi connectivity index (χ4n) is 4.19. The maximum Gasteiger partial charge on any atom is 0.235 e. The third kappa shape index (κ3) is 3.55. The summed E-state index contributed by atoms with van der Waals surface area (Å²) in [6, 6.07) is 19.6. The Morgan fingerprint density at radius 1 is 1.03 bits per heavy atom. The molecule has 1 saturated carbocycles. The van der Waals surface area contributed by atoms with Gasteiger partial charge in [0.1, 0.15) is 0 Å². The lowest BCUT2D eigenvalue weighted by atomic mass is 9.94. The van der Waals surface area contributed by atoms with Crippen molar-refractivity contribution in [3.05, 3.63) is 77.4 Å². The maximum atomic E-state index is 13.3. The second-order valence-electron chi connectivity index (χ2n) is 8.44. The zero-order chi connectivity index (χ0) is 21.6. The molecule has 5 rings (SSSR count). The second kappa shape index (κ2) is 7.43. The maximum absolute atomic E-state index is 13.3. The Hall–Kier alpha value is -3.31. The molecule has 0 radical (unpaired) electrons. The number of carbonyl (C=O) groups excluding carboxylic acids is 1. The second-order valence-corrected chi connectivity index (χ2v) is 8.44. The number of aliphatic hydroxyl groups excluding tert-OH is 1. The van der Waals surface area contributed by atoms with Crippen LogP contribution >= 0.6 is 0 Å². The largest absolute Gasteiger partial charge is 0.454 e. The van der Waals surface area contributed by atoms with Crippen LogP contribution in [-0.2, 0) is 10.2 Å². The SMILES string of the molecule is Cc1ccc(NC(=O)C2(c3ccc4c(c3)OCO4)CC2)cc1-c1cccc(C(C)O)c1. The number of aryl methyl sites for hydroxylation is 1. The van der Waals surface area contributed by atoms with E-state index in [0.717, 1.165) is 52.1 Å². The van der Waals surface area contributed by atoms with Crippen molar-refractivity contribution >= 4 is 11.6 Å². The minimum absolute atomic E-state index is 0.00102. The standard InChI is InChI=1S/C26H25NO4/c1-16-6-8-21(14-22(16)19-5-3-4-18(12-19)17(2)28)27-25(29)26(10-11-26)20-7-9-23-24(13-20)31-15-30-23/h3-9,12-14,17,28H,10-11,15H2,1-2H3,(H,27,29). The van der Waals surface area contributed by atoms with Gasteiger partial charge in [0.2, 0.25) is 12.7 Å². The normalized spacial score (nSPS) is 16.6. The van der Waals surface area contributed by atoms with E-state index in [-0.39, 0.29) is 12.7 Å². The number of aliphatic hydroxyl groups is 1. The molecule has 1 aliphatic heterocycles. The first-order valence-corrected chi connectivity index (χ1v) is 10.6. The van der Waals surface area contributed by atoms with E-state index in [1.165, 1.54) is 0 Å². The summed E-state index contributed by atoms with van der Waals surface area (Å²) in [5, 5.41) is 13.1. The van der Waals surface area contributed by atoms with Crippen LogP contribution in [0, 0.1) is 6.92 Å². The fourth-order valence-corrected chi connectivity index (χ4v) is 4.19. The van der Waals surface area contributed by atoms with Crippen LogP contribution in [0.15, 0.2) is 60.7 Å². The lowest BCUT2D eigenvalue weighted by Gasteiger charge is -2.17. The monoisotopic (exact) mass is 415 g/mol. The van der Waals surface area contributed by atoms with Crippen LogP contribution < -0.4 is 14.8 Å². The minimum Gasteiger partial charge on any atom is -0.454 e. The van der Waals surface area contributed by atoms with Crippen LogP contribution in [0.4, 0.5) is 5.69 Å². The summed E-state index contributed by atoms with van der Waals surface area (Å²) in [4.78, 5) is 13.3. The Bertz CT molecular complexity index is 1160. The number of rotatable bonds is 5. The molecule has 0 aromatic heterocycles. The summed E-state index contributed by atoms with van der Waals surface area (Å²) in [5.41, 5.74) is 5.24. The summed E-state index contributed by atoms with van der Waals surface area (Å²) in [6.45, 7) is 4.03. The quantitative estimate of drug-likeness (QED) is 0.607. The molecule has 1 amide bonds. The molecule has 3 aromatic rings. The number of hydrogen-bond acceptors (Lipinski definition) is 4. The molecule has 5 nitrogen and oxygen atoms in total. The Morgan fingerprint density at radius 2 is 1.84 bits per heavy atom. The van der Waals surface area contributed by atoms with E-state index in [1.54, 1.807) is 6.92 Å². The Kier molecular flexibility index (Phi) is 4.71. The van der Waals surface area contributed by atoms with Crippen LogP contribution in [0.25, 0.3) is 11.1 Å². The molecule has 31 heavy (non-hydrogen) atoms. The van der Waals surface area contributed by atoms with Gasteiger partial charge in [-0.3, -0.25) is 4.79 Å². The molecule has 1 aliphatic carbocycles. The molecule has 2 N–H and O–H groups in total. The van der Waals surface area contributed by atoms with E-state index in [4.69, 9.17) is 9.47 Å². The number of anilines is 1. The van der Waals surface area contributed by atoms with Gasteiger partial charge < -0.3 is 19.9 Å². The number of benzene rings is 3. The summed E-state index contributed by atoms with van der Waals surface area (Å²) in [5.74, 6) is 1.42. The first kappa shape index (κ1) is 19.6. The van der Waals surface area contributed by atoms with Gasteiger partial charge in [0, 0.05) is 5.69 Å². The van der Waals surface area contributed by atoms with Crippen molar-refractivity contribution in [2.45, 2.75) is 38.2 Å². The topological polar surface area (TPSA) is 67.8 Å². The smallest absolute Gasteiger partial charge is 0.235 e.